The first-order valence-corrected chi connectivity index (χ1v) is 11.5. The van der Waals surface area contributed by atoms with Gasteiger partial charge in [0.15, 0.2) is 0 Å². The van der Waals surface area contributed by atoms with Gasteiger partial charge in [-0.15, -0.1) is 0 Å². The van der Waals surface area contributed by atoms with Crippen LogP contribution in [0.15, 0.2) is 48.7 Å². The number of aromatic amines is 1. The Morgan fingerprint density at radius 2 is 2.00 bits per heavy atom. The molecular weight excluding hydrogens is 386 g/mol. The molecule has 1 fully saturated rings. The molecule has 29 heavy (non-hydrogen) atoms. The predicted octanol–water partition coefficient (Wildman–Crippen LogP) is 3.38. The summed E-state index contributed by atoms with van der Waals surface area (Å²) in [5.41, 5.74) is 4.26. The highest BCUT2D eigenvalue weighted by molar-refractivity contribution is 7.92. The van der Waals surface area contributed by atoms with Gasteiger partial charge in [0.05, 0.1) is 11.4 Å². The number of para-hydroxylation sites is 1. The molecule has 0 bridgehead atoms. The molecule has 3 aromatic rings. The third kappa shape index (κ3) is 4.00. The summed E-state index contributed by atoms with van der Waals surface area (Å²) in [6.07, 6.45) is 4.28. The number of anilines is 1. The fourth-order valence-electron chi connectivity index (χ4n) is 3.89. The number of carbonyl (C=O) groups is 1. The van der Waals surface area contributed by atoms with Crippen LogP contribution in [-0.4, -0.2) is 38.2 Å². The number of nitrogens with zero attached hydrogens (tertiary/aromatic N) is 1. The van der Waals surface area contributed by atoms with Crippen LogP contribution in [0, 0.1) is 6.92 Å². The third-order valence-corrected chi connectivity index (χ3v) is 7.29. The van der Waals surface area contributed by atoms with E-state index in [1.807, 2.05) is 31.3 Å². The van der Waals surface area contributed by atoms with Crippen LogP contribution in [0.5, 0.6) is 0 Å². The predicted molar refractivity (Wildman–Crippen MR) is 116 cm³/mol. The number of benzene rings is 2. The first-order valence-electron chi connectivity index (χ1n) is 9.90. The van der Waals surface area contributed by atoms with Crippen molar-refractivity contribution in [3.63, 3.8) is 0 Å². The van der Waals surface area contributed by atoms with Gasteiger partial charge in [0.1, 0.15) is 0 Å². The lowest BCUT2D eigenvalue weighted by Crippen LogP contribution is -2.38. The van der Waals surface area contributed by atoms with Crippen LogP contribution in [-0.2, 0) is 16.4 Å². The lowest BCUT2D eigenvalue weighted by atomic mass is 10.1. The van der Waals surface area contributed by atoms with Crippen molar-refractivity contribution in [1.82, 2.24) is 10.3 Å². The molecule has 2 N–H and O–H groups in total. The summed E-state index contributed by atoms with van der Waals surface area (Å²) in [4.78, 5) is 15.8. The van der Waals surface area contributed by atoms with Crippen molar-refractivity contribution in [3.05, 3.63) is 65.4 Å². The molecule has 2 heterocycles. The lowest BCUT2D eigenvalue weighted by Gasteiger charge is -2.29. The second-order valence-electron chi connectivity index (χ2n) is 7.46. The Hall–Kier alpha value is -2.80. The largest absolute Gasteiger partial charge is 0.361 e. The summed E-state index contributed by atoms with van der Waals surface area (Å²) < 4.78 is 26.2. The van der Waals surface area contributed by atoms with Gasteiger partial charge < -0.3 is 10.3 Å². The molecule has 1 aromatic heterocycles. The molecule has 1 saturated heterocycles. The summed E-state index contributed by atoms with van der Waals surface area (Å²) >= 11 is 0. The van der Waals surface area contributed by atoms with Crippen LogP contribution in [0.2, 0.25) is 0 Å². The van der Waals surface area contributed by atoms with Crippen molar-refractivity contribution in [2.24, 2.45) is 0 Å². The van der Waals surface area contributed by atoms with Crippen molar-refractivity contribution >= 4 is 32.5 Å². The monoisotopic (exact) mass is 411 g/mol. The smallest absolute Gasteiger partial charge is 0.251 e. The van der Waals surface area contributed by atoms with Crippen LogP contribution in [0.4, 0.5) is 5.69 Å². The molecule has 6 nitrogen and oxygen atoms in total. The number of rotatable bonds is 5. The maximum Gasteiger partial charge on any atom is 0.251 e. The van der Waals surface area contributed by atoms with Crippen LogP contribution in [0.1, 0.15) is 34.3 Å². The average molecular weight is 412 g/mol. The van der Waals surface area contributed by atoms with E-state index < -0.39 is 10.0 Å². The van der Waals surface area contributed by atoms with Gasteiger partial charge in [-0.3, -0.25) is 9.10 Å². The van der Waals surface area contributed by atoms with Gasteiger partial charge in [-0.25, -0.2) is 8.42 Å². The quantitative estimate of drug-likeness (QED) is 0.675. The number of hydrogen-bond donors (Lipinski definition) is 2. The molecule has 4 rings (SSSR count). The van der Waals surface area contributed by atoms with Gasteiger partial charge in [-0.2, -0.15) is 0 Å². The van der Waals surface area contributed by atoms with Crippen LogP contribution >= 0.6 is 0 Å². The van der Waals surface area contributed by atoms with E-state index in [0.717, 1.165) is 23.9 Å². The zero-order valence-corrected chi connectivity index (χ0v) is 17.3. The minimum absolute atomic E-state index is 0.152. The Morgan fingerprint density at radius 3 is 2.79 bits per heavy atom. The second-order valence-corrected chi connectivity index (χ2v) is 9.47. The van der Waals surface area contributed by atoms with E-state index in [1.165, 1.54) is 15.3 Å². The Morgan fingerprint density at radius 1 is 1.17 bits per heavy atom. The number of amides is 1. The van der Waals surface area contributed by atoms with Gasteiger partial charge in [-0.1, -0.05) is 18.2 Å². The summed E-state index contributed by atoms with van der Waals surface area (Å²) in [5, 5.41) is 4.13. The van der Waals surface area contributed by atoms with Crippen molar-refractivity contribution in [1.29, 1.82) is 0 Å². The summed E-state index contributed by atoms with van der Waals surface area (Å²) in [6.45, 7) is 2.88. The number of carbonyl (C=O) groups excluding carboxylic acids is 1. The third-order valence-electron chi connectivity index (χ3n) is 5.43. The molecule has 152 valence electrons. The van der Waals surface area contributed by atoms with E-state index in [-0.39, 0.29) is 11.7 Å². The normalized spacial score (nSPS) is 16.1. The number of aryl methyl sites for hydroxylation is 1. The van der Waals surface area contributed by atoms with E-state index in [0.29, 0.717) is 30.8 Å². The Balaban J connectivity index is 1.42. The minimum Gasteiger partial charge on any atom is -0.361 e. The molecule has 0 radical (unpaired) electrons. The van der Waals surface area contributed by atoms with E-state index in [4.69, 9.17) is 0 Å². The number of nitrogens with one attached hydrogen (secondary N) is 2. The van der Waals surface area contributed by atoms with Gasteiger partial charge in [0.2, 0.25) is 10.0 Å². The SMILES string of the molecule is Cc1cc(C(=O)NCCc2c[nH]c3ccccc23)ccc1N1CCCCS1(=O)=O. The fourth-order valence-corrected chi connectivity index (χ4v) is 5.59. The molecule has 7 heteroatoms. The highest BCUT2D eigenvalue weighted by Gasteiger charge is 2.27. The van der Waals surface area contributed by atoms with Crippen molar-refractivity contribution in [3.8, 4) is 0 Å². The Kier molecular flexibility index (Phi) is 5.32. The van der Waals surface area contributed by atoms with Crippen LogP contribution in [0.3, 0.4) is 0 Å². The minimum atomic E-state index is -3.26. The lowest BCUT2D eigenvalue weighted by molar-refractivity contribution is 0.0954. The van der Waals surface area contributed by atoms with Crippen molar-refractivity contribution < 1.29 is 13.2 Å². The topological polar surface area (TPSA) is 82.3 Å². The standard InChI is InChI=1S/C22H25N3O3S/c1-16-14-17(8-9-21(16)25-12-4-5-13-29(25,27)28)22(26)23-11-10-18-15-24-20-7-3-2-6-19(18)20/h2-3,6-9,14-15,24H,4-5,10-13H2,1H3,(H,23,26). The molecule has 0 spiro atoms. The first-order chi connectivity index (χ1) is 14.0. The highest BCUT2D eigenvalue weighted by atomic mass is 32.2. The molecule has 1 amide bonds. The summed E-state index contributed by atoms with van der Waals surface area (Å²) in [6, 6.07) is 13.3. The number of hydrogen-bond acceptors (Lipinski definition) is 3. The van der Waals surface area contributed by atoms with Gasteiger partial charge in [0.25, 0.3) is 5.91 Å². The van der Waals surface area contributed by atoms with E-state index in [1.54, 1.807) is 18.2 Å². The van der Waals surface area contributed by atoms with E-state index >= 15 is 0 Å². The van der Waals surface area contributed by atoms with Gasteiger partial charge in [-0.05, 0) is 61.6 Å². The molecular formula is C22H25N3O3S. The zero-order chi connectivity index (χ0) is 20.4. The van der Waals surface area contributed by atoms with Crippen LogP contribution < -0.4 is 9.62 Å². The van der Waals surface area contributed by atoms with Crippen molar-refractivity contribution in [2.45, 2.75) is 26.2 Å². The summed E-state index contributed by atoms with van der Waals surface area (Å²) in [5.74, 6) is 0.0312. The Bertz CT molecular complexity index is 1150. The first kappa shape index (κ1) is 19.5. The second kappa shape index (κ2) is 7.91. The maximum atomic E-state index is 12.6. The average Bonchev–Trinajstić information content (AvgIpc) is 3.11. The zero-order valence-electron chi connectivity index (χ0n) is 16.4. The molecule has 2 aromatic carbocycles. The maximum absolute atomic E-state index is 12.6. The molecule has 0 saturated carbocycles. The molecule has 1 aliphatic rings. The summed E-state index contributed by atoms with van der Waals surface area (Å²) in [7, 11) is -3.26. The molecule has 0 aliphatic carbocycles. The number of fused-ring (bicyclic) bond motifs is 1. The molecule has 1 aliphatic heterocycles. The number of H-pyrrole nitrogens is 1. The fraction of sp³-hybridized carbons (Fsp3) is 0.318. The van der Waals surface area contributed by atoms with E-state index in [9.17, 15) is 13.2 Å². The van der Waals surface area contributed by atoms with Crippen molar-refractivity contribution in [2.75, 3.05) is 23.1 Å². The van der Waals surface area contributed by atoms with Gasteiger partial charge in [0, 0.05) is 35.8 Å². The van der Waals surface area contributed by atoms with E-state index in [2.05, 4.69) is 16.4 Å². The highest BCUT2D eigenvalue weighted by Crippen LogP contribution is 2.27. The number of sulfonamides is 1. The molecule has 0 atom stereocenters. The molecule has 0 unspecified atom stereocenters. The van der Waals surface area contributed by atoms with Gasteiger partial charge >= 0.3 is 0 Å². The van der Waals surface area contributed by atoms with Crippen LogP contribution in [0.25, 0.3) is 10.9 Å². The number of aromatic nitrogens is 1. The Labute approximate surface area is 171 Å².